The van der Waals surface area contributed by atoms with Crippen molar-refractivity contribution in [1.82, 2.24) is 0 Å². The van der Waals surface area contributed by atoms with Gasteiger partial charge in [-0.15, -0.1) is 11.8 Å². The van der Waals surface area contributed by atoms with Crippen LogP contribution in [0.15, 0.2) is 23.1 Å². The van der Waals surface area contributed by atoms with Crippen molar-refractivity contribution in [3.63, 3.8) is 0 Å². The first-order valence-electron chi connectivity index (χ1n) is 6.68. The second kappa shape index (κ2) is 5.14. The molecule has 0 saturated carbocycles. The standard InChI is InChI=1S/C15H24N2S/c1-11-10-17(8-7-16)13-6-5-12(15(2,3)4)9-14(13)18-11/h5-6,9,11H,7-8,10,16H2,1-4H3. The minimum Gasteiger partial charge on any atom is -0.368 e. The molecule has 0 fully saturated rings. The normalized spacial score (nSPS) is 19.8. The van der Waals surface area contributed by atoms with Gasteiger partial charge in [0.1, 0.15) is 0 Å². The number of rotatable bonds is 2. The van der Waals surface area contributed by atoms with Crippen molar-refractivity contribution in [2.75, 3.05) is 24.5 Å². The summed E-state index contributed by atoms with van der Waals surface area (Å²) in [4.78, 5) is 3.83. The number of benzene rings is 1. The molecule has 1 atom stereocenters. The van der Waals surface area contributed by atoms with Crippen LogP contribution < -0.4 is 10.6 Å². The lowest BCUT2D eigenvalue weighted by Gasteiger charge is -2.35. The summed E-state index contributed by atoms with van der Waals surface area (Å²) in [5.74, 6) is 0. The maximum atomic E-state index is 5.71. The number of fused-ring (bicyclic) bond motifs is 1. The predicted octanol–water partition coefficient (Wildman–Crippen LogP) is 3.24. The molecule has 2 nitrogen and oxygen atoms in total. The molecule has 0 bridgehead atoms. The van der Waals surface area contributed by atoms with Crippen molar-refractivity contribution in [3.8, 4) is 0 Å². The molecule has 3 heteroatoms. The van der Waals surface area contributed by atoms with E-state index in [-0.39, 0.29) is 5.41 Å². The molecule has 2 rings (SSSR count). The highest BCUT2D eigenvalue weighted by Crippen LogP contribution is 2.40. The van der Waals surface area contributed by atoms with Crippen LogP contribution in [0.5, 0.6) is 0 Å². The van der Waals surface area contributed by atoms with E-state index in [1.54, 1.807) is 0 Å². The van der Waals surface area contributed by atoms with Gasteiger partial charge in [-0.1, -0.05) is 33.8 Å². The maximum Gasteiger partial charge on any atom is 0.0505 e. The minimum absolute atomic E-state index is 0.217. The first-order valence-corrected chi connectivity index (χ1v) is 7.56. The summed E-state index contributed by atoms with van der Waals surface area (Å²) in [6.07, 6.45) is 0. The fourth-order valence-electron chi connectivity index (χ4n) is 2.37. The number of hydrogen-bond donors (Lipinski definition) is 1. The molecule has 0 radical (unpaired) electrons. The monoisotopic (exact) mass is 264 g/mol. The second-order valence-electron chi connectivity index (χ2n) is 6.10. The molecular formula is C15H24N2S. The second-order valence-corrected chi connectivity index (χ2v) is 7.58. The number of nitrogens with two attached hydrogens (primary N) is 1. The van der Waals surface area contributed by atoms with Crippen molar-refractivity contribution in [2.45, 2.75) is 43.3 Å². The smallest absolute Gasteiger partial charge is 0.0505 e. The topological polar surface area (TPSA) is 29.3 Å². The molecule has 0 aliphatic carbocycles. The molecule has 2 N–H and O–H groups in total. The minimum atomic E-state index is 0.217. The fraction of sp³-hybridized carbons (Fsp3) is 0.600. The third-order valence-electron chi connectivity index (χ3n) is 3.37. The van der Waals surface area contributed by atoms with Crippen molar-refractivity contribution < 1.29 is 0 Å². The zero-order chi connectivity index (χ0) is 13.3. The van der Waals surface area contributed by atoms with Gasteiger partial charge in [-0.2, -0.15) is 0 Å². The van der Waals surface area contributed by atoms with Gasteiger partial charge >= 0.3 is 0 Å². The van der Waals surface area contributed by atoms with Gasteiger partial charge in [0.2, 0.25) is 0 Å². The van der Waals surface area contributed by atoms with E-state index in [1.165, 1.54) is 16.1 Å². The Labute approximate surface area is 115 Å². The van der Waals surface area contributed by atoms with Crippen LogP contribution in [0.3, 0.4) is 0 Å². The summed E-state index contributed by atoms with van der Waals surface area (Å²) in [6.45, 7) is 11.9. The molecule has 100 valence electrons. The van der Waals surface area contributed by atoms with Gasteiger partial charge in [0.15, 0.2) is 0 Å². The van der Waals surface area contributed by atoms with E-state index in [2.05, 4.69) is 50.8 Å². The Hall–Kier alpha value is -0.670. The van der Waals surface area contributed by atoms with Crippen molar-refractivity contribution in [2.24, 2.45) is 5.73 Å². The highest BCUT2D eigenvalue weighted by atomic mass is 32.2. The Bertz CT molecular complexity index is 423. The van der Waals surface area contributed by atoms with Gasteiger partial charge in [0.25, 0.3) is 0 Å². The molecule has 1 heterocycles. The average Bonchev–Trinajstić information content (AvgIpc) is 2.27. The van der Waals surface area contributed by atoms with Crippen LogP contribution in [0.1, 0.15) is 33.3 Å². The Morgan fingerprint density at radius 3 is 2.72 bits per heavy atom. The molecule has 1 aliphatic heterocycles. The summed E-state index contributed by atoms with van der Waals surface area (Å²) < 4.78 is 0. The molecule has 0 spiro atoms. The molecule has 1 aromatic rings. The SMILES string of the molecule is CC1CN(CCN)c2ccc(C(C)(C)C)cc2S1. The Morgan fingerprint density at radius 2 is 2.11 bits per heavy atom. The van der Waals surface area contributed by atoms with Gasteiger partial charge < -0.3 is 10.6 Å². The van der Waals surface area contributed by atoms with Crippen LogP contribution in [0, 0.1) is 0 Å². The molecule has 1 aromatic carbocycles. The fourth-order valence-corrected chi connectivity index (χ4v) is 3.57. The van der Waals surface area contributed by atoms with Crippen LogP contribution >= 0.6 is 11.8 Å². The van der Waals surface area contributed by atoms with Gasteiger partial charge in [-0.25, -0.2) is 0 Å². The lowest BCUT2D eigenvalue weighted by molar-refractivity contribution is 0.588. The zero-order valence-corrected chi connectivity index (χ0v) is 12.7. The highest BCUT2D eigenvalue weighted by Gasteiger charge is 2.24. The lowest BCUT2D eigenvalue weighted by atomic mass is 9.87. The van der Waals surface area contributed by atoms with Crippen LogP contribution in [-0.4, -0.2) is 24.9 Å². The van der Waals surface area contributed by atoms with Crippen molar-refractivity contribution in [1.29, 1.82) is 0 Å². The van der Waals surface area contributed by atoms with Crippen molar-refractivity contribution >= 4 is 17.4 Å². The summed E-state index contributed by atoms with van der Waals surface area (Å²) in [7, 11) is 0. The van der Waals surface area contributed by atoms with E-state index in [9.17, 15) is 0 Å². The molecule has 1 aliphatic rings. The first-order chi connectivity index (χ1) is 8.41. The molecule has 18 heavy (non-hydrogen) atoms. The van der Waals surface area contributed by atoms with E-state index in [4.69, 9.17) is 5.73 Å². The number of nitrogens with zero attached hydrogens (tertiary/aromatic N) is 1. The van der Waals surface area contributed by atoms with E-state index in [0.717, 1.165) is 19.6 Å². The van der Waals surface area contributed by atoms with Gasteiger partial charge in [0, 0.05) is 29.8 Å². The number of anilines is 1. The molecular weight excluding hydrogens is 240 g/mol. The van der Waals surface area contributed by atoms with Crippen LogP contribution in [-0.2, 0) is 5.41 Å². The van der Waals surface area contributed by atoms with Crippen LogP contribution in [0.4, 0.5) is 5.69 Å². The summed E-state index contributed by atoms with van der Waals surface area (Å²) in [5.41, 5.74) is 8.70. The Kier molecular flexibility index (Phi) is 3.93. The molecule has 0 saturated heterocycles. The number of thioether (sulfide) groups is 1. The summed E-state index contributed by atoms with van der Waals surface area (Å²) in [5, 5.41) is 0.638. The Balaban J connectivity index is 2.37. The van der Waals surface area contributed by atoms with Crippen LogP contribution in [0.2, 0.25) is 0 Å². The first kappa shape index (κ1) is 13.8. The van der Waals surface area contributed by atoms with E-state index < -0.39 is 0 Å². The quantitative estimate of drug-likeness (QED) is 0.889. The third kappa shape index (κ3) is 2.83. The van der Waals surface area contributed by atoms with Crippen molar-refractivity contribution in [3.05, 3.63) is 23.8 Å². The summed E-state index contributed by atoms with van der Waals surface area (Å²) >= 11 is 1.99. The van der Waals surface area contributed by atoms with Gasteiger partial charge in [-0.3, -0.25) is 0 Å². The van der Waals surface area contributed by atoms with Gasteiger partial charge in [0.05, 0.1) is 5.69 Å². The van der Waals surface area contributed by atoms with E-state index in [1.807, 2.05) is 11.8 Å². The van der Waals surface area contributed by atoms with E-state index >= 15 is 0 Å². The largest absolute Gasteiger partial charge is 0.368 e. The Morgan fingerprint density at radius 1 is 1.39 bits per heavy atom. The van der Waals surface area contributed by atoms with E-state index in [0.29, 0.717) is 5.25 Å². The third-order valence-corrected chi connectivity index (χ3v) is 4.50. The van der Waals surface area contributed by atoms with Gasteiger partial charge in [-0.05, 0) is 23.1 Å². The predicted molar refractivity (Wildman–Crippen MR) is 81.7 cm³/mol. The van der Waals surface area contributed by atoms with Crippen LogP contribution in [0.25, 0.3) is 0 Å². The zero-order valence-electron chi connectivity index (χ0n) is 11.9. The molecule has 0 amide bonds. The molecule has 1 unspecified atom stereocenters. The molecule has 0 aromatic heterocycles. The number of hydrogen-bond acceptors (Lipinski definition) is 3. The highest BCUT2D eigenvalue weighted by molar-refractivity contribution is 8.00. The summed E-state index contributed by atoms with van der Waals surface area (Å²) in [6, 6.07) is 6.89. The average molecular weight is 264 g/mol. The lowest BCUT2D eigenvalue weighted by Crippen LogP contribution is -2.37. The maximum absolute atomic E-state index is 5.71.